The lowest BCUT2D eigenvalue weighted by Gasteiger charge is -2.39. The van der Waals surface area contributed by atoms with Crippen molar-refractivity contribution >= 4 is 32.5 Å². The first-order chi connectivity index (χ1) is 28.4. The Labute approximate surface area is 352 Å². The summed E-state index contributed by atoms with van der Waals surface area (Å²) in [6.45, 7) is 9.49. The zero-order chi connectivity index (χ0) is 39.8. The van der Waals surface area contributed by atoms with Gasteiger partial charge in [0.15, 0.2) is 0 Å². The second kappa shape index (κ2) is 18.8. The Morgan fingerprint density at radius 2 is 1.45 bits per heavy atom. The number of ether oxygens (including phenoxy) is 3. The number of aryl methyl sites for hydroxylation is 1. The van der Waals surface area contributed by atoms with Crippen LogP contribution in [0.5, 0.6) is 17.5 Å². The molecule has 9 heteroatoms. The molecule has 4 aromatic carbocycles. The Hall–Kier alpha value is -4.86. The third-order valence-corrected chi connectivity index (χ3v) is 13.1. The quantitative estimate of drug-likeness (QED) is 0.102. The lowest BCUT2D eigenvalue weighted by Crippen LogP contribution is -2.49. The molecule has 0 spiro atoms. The van der Waals surface area contributed by atoms with Gasteiger partial charge in [-0.1, -0.05) is 108 Å². The maximum absolute atomic E-state index is 6.44. The number of benzene rings is 4. The first-order valence-corrected chi connectivity index (χ1v) is 21.9. The zero-order valence-corrected chi connectivity index (χ0v) is 35.7. The van der Waals surface area contributed by atoms with Crippen LogP contribution in [0.4, 0.5) is 5.69 Å². The SMILES string of the molecule is Cc1c(Br)cccc1OC1CCC(CCC[C@@H](C)N2CCN(c3cccc4c(-c5ccc(OCc6ccccc6)nc5OCc5ccccc5)nn(C)c34)CC2)CC1. The number of nitrogens with zero attached hydrogens (tertiary/aromatic N) is 5. The summed E-state index contributed by atoms with van der Waals surface area (Å²) < 4.78 is 22.1. The van der Waals surface area contributed by atoms with Gasteiger partial charge < -0.3 is 19.1 Å². The van der Waals surface area contributed by atoms with Crippen LogP contribution >= 0.6 is 15.9 Å². The lowest BCUT2D eigenvalue weighted by molar-refractivity contribution is 0.124. The summed E-state index contributed by atoms with van der Waals surface area (Å²) in [6.07, 6.45) is 9.10. The lowest BCUT2D eigenvalue weighted by atomic mass is 9.84. The van der Waals surface area contributed by atoms with Crippen LogP contribution in [0.2, 0.25) is 0 Å². The first-order valence-electron chi connectivity index (χ1n) is 21.1. The number of halogens is 1. The average molecular weight is 843 g/mol. The Balaban J connectivity index is 0.883. The predicted molar refractivity (Wildman–Crippen MR) is 238 cm³/mol. The third kappa shape index (κ3) is 9.53. The monoisotopic (exact) mass is 841 g/mol. The fourth-order valence-electron chi connectivity index (χ4n) is 8.74. The standard InChI is InChI=1S/C49H56BrN5O3/c1-35(13-10-18-37-23-25-40(26-24-37)58-45-22-12-20-43(50)36(45)2)54-29-31-55(32-30-54)44-21-11-19-41-47(52-53(3)48(41)44)42-27-28-46(56-33-38-14-6-4-7-15-38)51-49(42)57-34-39-16-8-5-9-17-39/h4-9,11-12,14-17,19-22,27-28,35,37,40H,10,13,18,23-26,29-34H2,1-3H3/t35-,37?,40?/m1/s1. The molecule has 8 nitrogen and oxygen atoms in total. The van der Waals surface area contributed by atoms with E-state index < -0.39 is 0 Å². The van der Waals surface area contributed by atoms with Crippen LogP contribution in [0.15, 0.2) is 114 Å². The molecule has 0 N–H and O–H groups in total. The van der Waals surface area contributed by atoms with E-state index in [1.54, 1.807) is 0 Å². The van der Waals surface area contributed by atoms with Gasteiger partial charge in [-0.3, -0.25) is 9.58 Å². The van der Waals surface area contributed by atoms with Gasteiger partial charge in [-0.05, 0) is 87.3 Å². The van der Waals surface area contributed by atoms with E-state index in [-0.39, 0.29) is 0 Å². The first kappa shape index (κ1) is 39.9. The Morgan fingerprint density at radius 3 is 2.17 bits per heavy atom. The molecule has 1 aliphatic carbocycles. The summed E-state index contributed by atoms with van der Waals surface area (Å²) in [4.78, 5) is 10.1. The maximum Gasteiger partial charge on any atom is 0.226 e. The molecule has 1 atom stereocenters. The average Bonchev–Trinajstić information content (AvgIpc) is 3.61. The largest absolute Gasteiger partial charge is 0.490 e. The number of hydrogen-bond acceptors (Lipinski definition) is 7. The van der Waals surface area contributed by atoms with Crippen molar-refractivity contribution in [3.05, 3.63) is 130 Å². The molecule has 0 radical (unpaired) electrons. The zero-order valence-electron chi connectivity index (χ0n) is 34.2. The van der Waals surface area contributed by atoms with Crippen molar-refractivity contribution in [1.29, 1.82) is 0 Å². The number of rotatable bonds is 15. The van der Waals surface area contributed by atoms with Crippen LogP contribution < -0.4 is 19.1 Å². The van der Waals surface area contributed by atoms with Crippen molar-refractivity contribution in [1.82, 2.24) is 19.7 Å². The van der Waals surface area contributed by atoms with Crippen molar-refractivity contribution in [2.24, 2.45) is 13.0 Å². The highest BCUT2D eigenvalue weighted by molar-refractivity contribution is 9.10. The molecule has 1 saturated heterocycles. The van der Waals surface area contributed by atoms with Gasteiger partial charge in [0, 0.05) is 60.8 Å². The fraction of sp³-hybridized carbons (Fsp3) is 0.388. The maximum atomic E-state index is 6.44. The predicted octanol–water partition coefficient (Wildman–Crippen LogP) is 11.2. The highest BCUT2D eigenvalue weighted by atomic mass is 79.9. The van der Waals surface area contributed by atoms with Crippen LogP contribution in [0.1, 0.15) is 68.6 Å². The molecule has 2 fully saturated rings. The van der Waals surface area contributed by atoms with E-state index in [0.29, 0.717) is 37.1 Å². The minimum Gasteiger partial charge on any atom is -0.490 e. The van der Waals surface area contributed by atoms with Gasteiger partial charge in [0.25, 0.3) is 0 Å². The number of pyridine rings is 1. The number of hydrogen-bond donors (Lipinski definition) is 0. The molecule has 2 aliphatic rings. The second-order valence-electron chi connectivity index (χ2n) is 16.1. The summed E-state index contributed by atoms with van der Waals surface area (Å²) >= 11 is 3.65. The van der Waals surface area contributed by atoms with Crippen molar-refractivity contribution in [2.75, 3.05) is 31.1 Å². The van der Waals surface area contributed by atoms with Crippen molar-refractivity contribution in [3.63, 3.8) is 0 Å². The minimum atomic E-state index is 0.341. The van der Waals surface area contributed by atoms with E-state index in [0.717, 1.165) is 88.4 Å². The van der Waals surface area contributed by atoms with Gasteiger partial charge in [0.2, 0.25) is 11.8 Å². The third-order valence-electron chi connectivity index (χ3n) is 12.2. The topological polar surface area (TPSA) is 64.9 Å². The van der Waals surface area contributed by atoms with E-state index >= 15 is 0 Å². The molecule has 0 amide bonds. The molecule has 302 valence electrons. The fourth-order valence-corrected chi connectivity index (χ4v) is 9.09. The van der Waals surface area contributed by atoms with Gasteiger partial charge >= 0.3 is 0 Å². The van der Waals surface area contributed by atoms with Crippen LogP contribution in [-0.2, 0) is 20.3 Å². The number of anilines is 1. The molecule has 2 aromatic heterocycles. The number of fused-ring (bicyclic) bond motifs is 1. The van der Waals surface area contributed by atoms with Crippen LogP contribution in [0.3, 0.4) is 0 Å². The van der Waals surface area contributed by atoms with E-state index in [2.05, 4.69) is 100 Å². The molecular formula is C49H56BrN5O3. The minimum absolute atomic E-state index is 0.341. The molecule has 6 aromatic rings. The summed E-state index contributed by atoms with van der Waals surface area (Å²) in [5.41, 5.74) is 7.42. The van der Waals surface area contributed by atoms with Gasteiger partial charge in [-0.15, -0.1) is 0 Å². The van der Waals surface area contributed by atoms with E-state index in [1.165, 1.54) is 43.4 Å². The molecule has 1 aliphatic heterocycles. The van der Waals surface area contributed by atoms with E-state index in [1.807, 2.05) is 60.3 Å². The highest BCUT2D eigenvalue weighted by Gasteiger charge is 2.27. The van der Waals surface area contributed by atoms with Crippen LogP contribution in [0.25, 0.3) is 22.2 Å². The van der Waals surface area contributed by atoms with Gasteiger partial charge in [0.05, 0.1) is 22.9 Å². The molecule has 3 heterocycles. The summed E-state index contributed by atoms with van der Waals surface area (Å²) in [7, 11) is 2.05. The number of piperazine rings is 1. The molecule has 58 heavy (non-hydrogen) atoms. The van der Waals surface area contributed by atoms with Gasteiger partial charge in [-0.25, -0.2) is 0 Å². The van der Waals surface area contributed by atoms with Crippen molar-refractivity contribution in [2.45, 2.75) is 84.2 Å². The Morgan fingerprint density at radius 1 is 0.759 bits per heavy atom. The summed E-state index contributed by atoms with van der Waals surface area (Å²) in [5, 5.41) is 6.20. The van der Waals surface area contributed by atoms with Gasteiger partial charge in [-0.2, -0.15) is 10.1 Å². The second-order valence-corrected chi connectivity index (χ2v) is 17.0. The Bertz CT molecular complexity index is 2250. The van der Waals surface area contributed by atoms with E-state index in [9.17, 15) is 0 Å². The Kier molecular flexibility index (Phi) is 13.0. The molecule has 8 rings (SSSR count). The highest BCUT2D eigenvalue weighted by Crippen LogP contribution is 2.39. The number of aromatic nitrogens is 3. The molecular weight excluding hydrogens is 786 g/mol. The van der Waals surface area contributed by atoms with Gasteiger partial charge in [0.1, 0.15) is 24.7 Å². The summed E-state index contributed by atoms with van der Waals surface area (Å²) in [6, 6.07) is 37.7. The molecule has 0 unspecified atom stereocenters. The smallest absolute Gasteiger partial charge is 0.226 e. The normalized spacial score (nSPS) is 18.0. The van der Waals surface area contributed by atoms with Crippen LogP contribution in [0, 0.1) is 12.8 Å². The van der Waals surface area contributed by atoms with Crippen LogP contribution in [-0.4, -0.2) is 58.0 Å². The van der Waals surface area contributed by atoms with Crippen molar-refractivity contribution < 1.29 is 14.2 Å². The number of para-hydroxylation sites is 1. The molecule has 0 bridgehead atoms. The molecule has 1 saturated carbocycles. The summed E-state index contributed by atoms with van der Waals surface area (Å²) in [5.74, 6) is 2.88. The van der Waals surface area contributed by atoms with E-state index in [4.69, 9.17) is 24.3 Å². The van der Waals surface area contributed by atoms with Crippen molar-refractivity contribution in [3.8, 4) is 28.8 Å².